The van der Waals surface area contributed by atoms with Crippen LogP contribution in [0.15, 0.2) is 35.4 Å². The maximum absolute atomic E-state index is 12.6. The fourth-order valence-electron chi connectivity index (χ4n) is 1.10. The molecule has 0 aliphatic rings. The summed E-state index contributed by atoms with van der Waals surface area (Å²) in [4.78, 5) is 22.5. The molecule has 0 saturated heterocycles. The van der Waals surface area contributed by atoms with E-state index in [1.807, 2.05) is 0 Å². The van der Waals surface area contributed by atoms with E-state index in [-0.39, 0.29) is 5.03 Å². The van der Waals surface area contributed by atoms with Gasteiger partial charge in [0, 0.05) is 11.8 Å². The van der Waals surface area contributed by atoms with Crippen LogP contribution in [0.5, 0.6) is 0 Å². The molecule has 19 heavy (non-hydrogen) atoms. The van der Waals surface area contributed by atoms with E-state index in [0.29, 0.717) is 5.69 Å². The minimum absolute atomic E-state index is 0.355. The predicted octanol–water partition coefficient (Wildman–Crippen LogP) is 2.08. The standard InChI is InChI=1S/C12H10ClFN2O3/c1-19-12(18)11(15)9(13)6-10(17)16-8-4-2-7(14)3-5-8/h2-6,15H,1H3,(H,16,17)/b9-6+,15-11?. The molecule has 1 rings (SSSR count). The number of halogens is 2. The summed E-state index contributed by atoms with van der Waals surface area (Å²) >= 11 is 5.61. The number of nitrogens with one attached hydrogen (secondary N) is 2. The van der Waals surface area contributed by atoms with Crippen LogP contribution in [-0.2, 0) is 14.3 Å². The smallest absolute Gasteiger partial charge is 0.357 e. The third kappa shape index (κ3) is 4.51. The van der Waals surface area contributed by atoms with E-state index in [1.54, 1.807) is 0 Å². The van der Waals surface area contributed by atoms with Gasteiger partial charge in [0.05, 0.1) is 12.1 Å². The van der Waals surface area contributed by atoms with Crippen LogP contribution in [0.1, 0.15) is 0 Å². The predicted molar refractivity (Wildman–Crippen MR) is 68.7 cm³/mol. The number of anilines is 1. The fraction of sp³-hybridized carbons (Fsp3) is 0.0833. The Morgan fingerprint density at radius 3 is 2.47 bits per heavy atom. The molecule has 1 aromatic carbocycles. The molecule has 0 aliphatic carbocycles. The first-order valence-electron chi connectivity index (χ1n) is 5.05. The number of methoxy groups -OCH3 is 1. The molecule has 100 valence electrons. The number of hydrogen-bond donors (Lipinski definition) is 2. The second-order valence-electron chi connectivity index (χ2n) is 3.36. The third-order valence-electron chi connectivity index (χ3n) is 2.00. The SMILES string of the molecule is COC(=O)C(=N)/C(Cl)=C\C(=O)Nc1ccc(F)cc1. The average molecular weight is 285 g/mol. The molecule has 0 aromatic heterocycles. The highest BCUT2D eigenvalue weighted by molar-refractivity contribution is 6.58. The molecule has 0 saturated carbocycles. The van der Waals surface area contributed by atoms with Gasteiger partial charge in [0.15, 0.2) is 5.71 Å². The first-order valence-corrected chi connectivity index (χ1v) is 5.43. The van der Waals surface area contributed by atoms with Crippen molar-refractivity contribution in [1.29, 1.82) is 5.41 Å². The summed E-state index contributed by atoms with van der Waals surface area (Å²) in [6.07, 6.45) is 0.865. The van der Waals surface area contributed by atoms with Crippen molar-refractivity contribution in [3.8, 4) is 0 Å². The Morgan fingerprint density at radius 2 is 1.95 bits per heavy atom. The quantitative estimate of drug-likeness (QED) is 0.505. The zero-order chi connectivity index (χ0) is 14.4. The molecule has 0 fully saturated rings. The van der Waals surface area contributed by atoms with Gasteiger partial charge in [0.1, 0.15) is 5.82 Å². The summed E-state index contributed by atoms with van der Waals surface area (Å²) in [5.41, 5.74) is -0.268. The van der Waals surface area contributed by atoms with Gasteiger partial charge in [-0.05, 0) is 24.3 Å². The Kier molecular flexibility index (Phi) is 5.20. The van der Waals surface area contributed by atoms with E-state index in [0.717, 1.165) is 13.2 Å². The number of rotatable bonds is 4. The molecular weight excluding hydrogens is 275 g/mol. The van der Waals surface area contributed by atoms with Crippen molar-refractivity contribution >= 4 is 34.9 Å². The highest BCUT2D eigenvalue weighted by Crippen LogP contribution is 2.10. The van der Waals surface area contributed by atoms with Gasteiger partial charge >= 0.3 is 5.97 Å². The minimum Gasteiger partial charge on any atom is -0.464 e. The summed E-state index contributed by atoms with van der Waals surface area (Å²) < 4.78 is 16.9. The van der Waals surface area contributed by atoms with Gasteiger partial charge in [-0.2, -0.15) is 0 Å². The van der Waals surface area contributed by atoms with Gasteiger partial charge in [-0.3, -0.25) is 10.2 Å². The number of esters is 1. The lowest BCUT2D eigenvalue weighted by Gasteiger charge is -2.03. The third-order valence-corrected chi connectivity index (χ3v) is 2.30. The van der Waals surface area contributed by atoms with Crippen LogP contribution in [0, 0.1) is 11.2 Å². The zero-order valence-corrected chi connectivity index (χ0v) is 10.6. The number of amides is 1. The van der Waals surface area contributed by atoms with Crippen molar-refractivity contribution in [2.45, 2.75) is 0 Å². The largest absolute Gasteiger partial charge is 0.464 e. The van der Waals surface area contributed by atoms with Crippen molar-refractivity contribution in [3.63, 3.8) is 0 Å². The van der Waals surface area contributed by atoms with Gasteiger partial charge in [0.25, 0.3) is 0 Å². The van der Waals surface area contributed by atoms with Crippen molar-refractivity contribution < 1.29 is 18.7 Å². The van der Waals surface area contributed by atoms with Gasteiger partial charge in [0.2, 0.25) is 5.91 Å². The van der Waals surface area contributed by atoms with E-state index in [9.17, 15) is 14.0 Å². The molecule has 0 aliphatic heterocycles. The van der Waals surface area contributed by atoms with Crippen LogP contribution in [0.2, 0.25) is 0 Å². The van der Waals surface area contributed by atoms with Crippen LogP contribution in [0.25, 0.3) is 0 Å². The lowest BCUT2D eigenvalue weighted by molar-refractivity contribution is -0.132. The highest BCUT2D eigenvalue weighted by atomic mass is 35.5. The van der Waals surface area contributed by atoms with Crippen LogP contribution < -0.4 is 5.32 Å². The Bertz CT molecular complexity index is 540. The van der Waals surface area contributed by atoms with Gasteiger partial charge in [-0.1, -0.05) is 11.6 Å². The van der Waals surface area contributed by atoms with Crippen LogP contribution in [-0.4, -0.2) is 24.7 Å². The first-order chi connectivity index (χ1) is 8.93. The zero-order valence-electron chi connectivity index (χ0n) is 9.87. The van der Waals surface area contributed by atoms with E-state index >= 15 is 0 Å². The number of carbonyl (C=O) groups excluding carboxylic acids is 2. The van der Waals surface area contributed by atoms with Crippen molar-refractivity contribution in [3.05, 3.63) is 41.2 Å². The highest BCUT2D eigenvalue weighted by Gasteiger charge is 2.14. The molecule has 0 atom stereocenters. The summed E-state index contributed by atoms with van der Waals surface area (Å²) in [6.45, 7) is 0. The monoisotopic (exact) mass is 284 g/mol. The number of ether oxygens (including phenoxy) is 1. The maximum atomic E-state index is 12.6. The molecule has 0 radical (unpaired) electrons. The van der Waals surface area contributed by atoms with E-state index in [1.165, 1.54) is 24.3 Å². The second kappa shape index (κ2) is 6.65. The minimum atomic E-state index is -0.948. The fourth-order valence-corrected chi connectivity index (χ4v) is 1.27. The Labute approximate surface area is 113 Å². The molecule has 0 heterocycles. The summed E-state index contributed by atoms with van der Waals surface area (Å²) in [5, 5.41) is 9.34. The lowest BCUT2D eigenvalue weighted by Crippen LogP contribution is -2.17. The van der Waals surface area contributed by atoms with Crippen molar-refractivity contribution in [2.24, 2.45) is 0 Å². The Hall–Kier alpha value is -2.21. The molecule has 0 bridgehead atoms. The molecule has 1 aromatic rings. The lowest BCUT2D eigenvalue weighted by atomic mass is 10.3. The van der Waals surface area contributed by atoms with Crippen LogP contribution in [0.4, 0.5) is 10.1 Å². The Morgan fingerprint density at radius 1 is 1.37 bits per heavy atom. The summed E-state index contributed by atoms with van der Waals surface area (Å²) in [7, 11) is 1.10. The molecule has 0 unspecified atom stereocenters. The second-order valence-corrected chi connectivity index (χ2v) is 3.76. The van der Waals surface area contributed by atoms with E-state index < -0.39 is 23.4 Å². The molecule has 2 N–H and O–H groups in total. The number of hydrogen-bond acceptors (Lipinski definition) is 4. The molecule has 5 nitrogen and oxygen atoms in total. The number of carbonyl (C=O) groups is 2. The van der Waals surface area contributed by atoms with Crippen LogP contribution in [0.3, 0.4) is 0 Å². The van der Waals surface area contributed by atoms with E-state index in [2.05, 4.69) is 10.1 Å². The van der Waals surface area contributed by atoms with Gasteiger partial charge in [-0.25, -0.2) is 9.18 Å². The molecule has 0 spiro atoms. The topological polar surface area (TPSA) is 79.2 Å². The van der Waals surface area contributed by atoms with Crippen molar-refractivity contribution in [2.75, 3.05) is 12.4 Å². The van der Waals surface area contributed by atoms with Gasteiger partial charge < -0.3 is 10.1 Å². The summed E-state index contributed by atoms with van der Waals surface area (Å²) in [6, 6.07) is 5.08. The maximum Gasteiger partial charge on any atom is 0.357 e. The number of benzene rings is 1. The molecule has 1 amide bonds. The van der Waals surface area contributed by atoms with Crippen LogP contribution >= 0.6 is 11.6 Å². The van der Waals surface area contributed by atoms with Crippen molar-refractivity contribution in [1.82, 2.24) is 0 Å². The molecular formula is C12H10ClFN2O3. The normalized spacial score (nSPS) is 10.8. The first kappa shape index (κ1) is 14.8. The average Bonchev–Trinajstić information content (AvgIpc) is 2.39. The Balaban J connectivity index is 2.71. The summed E-state index contributed by atoms with van der Waals surface area (Å²) in [5.74, 6) is -2.03. The van der Waals surface area contributed by atoms with E-state index in [4.69, 9.17) is 17.0 Å². The molecule has 7 heteroatoms. The van der Waals surface area contributed by atoms with Gasteiger partial charge in [-0.15, -0.1) is 0 Å².